The third-order valence-electron chi connectivity index (χ3n) is 2.99. The molecule has 3 rings (SSSR count). The molecule has 7 heteroatoms. The average molecular weight is 359 g/mol. The summed E-state index contributed by atoms with van der Waals surface area (Å²) in [6.45, 7) is 0.541. The standard InChI is InChI=1S/C14H10Cl3N3S/c15-10-4-2-1-3-8(10)6-20-7-11(18)13(19-20)9-5-12(16)21-14(9)17/h1-5,7H,6,18H2. The largest absolute Gasteiger partial charge is 0.396 e. The van der Waals surface area contributed by atoms with Crippen molar-refractivity contribution in [3.05, 3.63) is 55.8 Å². The fourth-order valence-electron chi connectivity index (χ4n) is 2.03. The van der Waals surface area contributed by atoms with E-state index in [1.807, 2.05) is 24.3 Å². The topological polar surface area (TPSA) is 43.8 Å². The zero-order valence-electron chi connectivity index (χ0n) is 10.7. The van der Waals surface area contributed by atoms with Crippen LogP contribution >= 0.6 is 46.1 Å². The molecule has 0 saturated carbocycles. The minimum absolute atomic E-state index is 0.541. The van der Waals surface area contributed by atoms with Crippen LogP contribution in [0.15, 0.2) is 36.5 Å². The number of aromatic nitrogens is 2. The van der Waals surface area contributed by atoms with E-state index in [4.69, 9.17) is 40.5 Å². The highest BCUT2D eigenvalue weighted by atomic mass is 35.5. The van der Waals surface area contributed by atoms with E-state index < -0.39 is 0 Å². The first-order valence-corrected chi connectivity index (χ1v) is 8.01. The molecule has 2 heterocycles. The quantitative estimate of drug-likeness (QED) is 0.699. The van der Waals surface area contributed by atoms with Gasteiger partial charge in [-0.05, 0) is 17.7 Å². The van der Waals surface area contributed by atoms with E-state index in [9.17, 15) is 0 Å². The fourth-order valence-corrected chi connectivity index (χ4v) is 3.69. The number of nitrogen functional groups attached to an aromatic ring is 1. The van der Waals surface area contributed by atoms with Crippen molar-refractivity contribution in [3.8, 4) is 11.3 Å². The van der Waals surface area contributed by atoms with E-state index in [0.717, 1.165) is 11.1 Å². The Morgan fingerprint density at radius 3 is 2.62 bits per heavy atom. The number of nitrogens with two attached hydrogens (primary N) is 1. The van der Waals surface area contributed by atoms with Crippen LogP contribution in [0.1, 0.15) is 5.56 Å². The highest BCUT2D eigenvalue weighted by molar-refractivity contribution is 7.20. The molecule has 2 N–H and O–H groups in total. The number of thiophene rings is 1. The molecule has 0 aliphatic rings. The molecule has 2 aromatic heterocycles. The predicted molar refractivity (Wildman–Crippen MR) is 90.5 cm³/mol. The molecule has 0 saturated heterocycles. The van der Waals surface area contributed by atoms with Gasteiger partial charge in [-0.25, -0.2) is 0 Å². The van der Waals surface area contributed by atoms with Crippen molar-refractivity contribution < 1.29 is 0 Å². The summed E-state index contributed by atoms with van der Waals surface area (Å²) in [4.78, 5) is 0. The first-order valence-electron chi connectivity index (χ1n) is 6.06. The van der Waals surface area contributed by atoms with Gasteiger partial charge in [-0.1, -0.05) is 53.0 Å². The van der Waals surface area contributed by atoms with Crippen LogP contribution < -0.4 is 5.73 Å². The summed E-state index contributed by atoms with van der Waals surface area (Å²) in [6.07, 6.45) is 1.76. The van der Waals surface area contributed by atoms with Crippen LogP contribution in [0.3, 0.4) is 0 Å². The minimum Gasteiger partial charge on any atom is -0.396 e. The maximum atomic E-state index is 6.16. The van der Waals surface area contributed by atoms with Crippen LogP contribution in [0.4, 0.5) is 5.69 Å². The Morgan fingerprint density at radius 1 is 1.19 bits per heavy atom. The van der Waals surface area contributed by atoms with E-state index in [1.54, 1.807) is 16.9 Å². The van der Waals surface area contributed by atoms with E-state index in [-0.39, 0.29) is 0 Å². The van der Waals surface area contributed by atoms with E-state index in [0.29, 0.717) is 31.6 Å². The molecule has 108 valence electrons. The maximum absolute atomic E-state index is 6.16. The summed E-state index contributed by atoms with van der Waals surface area (Å²) in [5, 5.41) is 5.19. The molecule has 0 fully saturated rings. The van der Waals surface area contributed by atoms with Gasteiger partial charge in [0, 0.05) is 16.8 Å². The molecule has 3 aromatic rings. The van der Waals surface area contributed by atoms with Gasteiger partial charge in [0.1, 0.15) is 10.0 Å². The number of hydrogen-bond donors (Lipinski definition) is 1. The number of anilines is 1. The van der Waals surface area contributed by atoms with Gasteiger partial charge in [0.25, 0.3) is 0 Å². The van der Waals surface area contributed by atoms with Gasteiger partial charge in [0.05, 0.1) is 16.6 Å². The second-order valence-corrected chi connectivity index (χ2v) is 7.15. The van der Waals surface area contributed by atoms with Crippen LogP contribution in [-0.2, 0) is 6.54 Å². The van der Waals surface area contributed by atoms with E-state index in [2.05, 4.69) is 5.10 Å². The summed E-state index contributed by atoms with van der Waals surface area (Å²) in [7, 11) is 0. The first-order chi connectivity index (χ1) is 10.0. The lowest BCUT2D eigenvalue weighted by atomic mass is 10.2. The van der Waals surface area contributed by atoms with Gasteiger partial charge in [0.15, 0.2) is 0 Å². The normalized spacial score (nSPS) is 11.0. The number of hydrogen-bond acceptors (Lipinski definition) is 3. The molecule has 3 nitrogen and oxygen atoms in total. The third kappa shape index (κ3) is 3.04. The average Bonchev–Trinajstić information content (AvgIpc) is 2.95. The number of nitrogens with zero attached hydrogens (tertiary/aromatic N) is 2. The van der Waals surface area contributed by atoms with Crippen molar-refractivity contribution in [2.45, 2.75) is 6.54 Å². The molecular formula is C14H10Cl3N3S. The predicted octanol–water partition coefficient (Wildman–Crippen LogP) is 5.20. The molecule has 0 atom stereocenters. The lowest BCUT2D eigenvalue weighted by Gasteiger charge is -2.03. The number of rotatable bonds is 3. The van der Waals surface area contributed by atoms with Gasteiger partial charge in [-0.15, -0.1) is 11.3 Å². The summed E-state index contributed by atoms with van der Waals surface area (Å²) >= 11 is 19.6. The van der Waals surface area contributed by atoms with Crippen molar-refractivity contribution >= 4 is 51.8 Å². The lowest BCUT2D eigenvalue weighted by Crippen LogP contribution is -2.00. The van der Waals surface area contributed by atoms with Crippen LogP contribution in [0.25, 0.3) is 11.3 Å². The molecule has 0 amide bonds. The lowest BCUT2D eigenvalue weighted by molar-refractivity contribution is 0.690. The van der Waals surface area contributed by atoms with Gasteiger partial charge < -0.3 is 5.73 Å². The Bertz CT molecular complexity index is 795. The van der Waals surface area contributed by atoms with E-state index in [1.165, 1.54) is 11.3 Å². The molecule has 0 aliphatic heterocycles. The van der Waals surface area contributed by atoms with Gasteiger partial charge >= 0.3 is 0 Å². The summed E-state index contributed by atoms with van der Waals surface area (Å²) in [5.74, 6) is 0. The van der Waals surface area contributed by atoms with Crippen molar-refractivity contribution in [2.24, 2.45) is 0 Å². The van der Waals surface area contributed by atoms with Crippen molar-refractivity contribution in [2.75, 3.05) is 5.73 Å². The Kier molecular flexibility index (Phi) is 4.13. The van der Waals surface area contributed by atoms with E-state index >= 15 is 0 Å². The van der Waals surface area contributed by atoms with Crippen molar-refractivity contribution in [1.82, 2.24) is 9.78 Å². The smallest absolute Gasteiger partial charge is 0.118 e. The highest BCUT2D eigenvalue weighted by Gasteiger charge is 2.15. The fraction of sp³-hybridized carbons (Fsp3) is 0.0714. The van der Waals surface area contributed by atoms with Crippen LogP contribution in [0, 0.1) is 0 Å². The zero-order valence-corrected chi connectivity index (χ0v) is 13.8. The minimum atomic E-state index is 0.541. The van der Waals surface area contributed by atoms with Crippen LogP contribution in [0.2, 0.25) is 13.7 Å². The zero-order chi connectivity index (χ0) is 15.0. The summed E-state index contributed by atoms with van der Waals surface area (Å²) < 4.78 is 2.93. The first kappa shape index (κ1) is 14.7. The molecular weight excluding hydrogens is 349 g/mol. The van der Waals surface area contributed by atoms with Gasteiger partial charge in [-0.2, -0.15) is 5.10 Å². The molecule has 1 aromatic carbocycles. The Balaban J connectivity index is 1.95. The summed E-state index contributed by atoms with van der Waals surface area (Å²) in [6, 6.07) is 9.40. The third-order valence-corrected chi connectivity index (χ3v) is 4.85. The molecule has 0 unspecified atom stereocenters. The van der Waals surface area contributed by atoms with Crippen LogP contribution in [-0.4, -0.2) is 9.78 Å². The Morgan fingerprint density at radius 2 is 1.95 bits per heavy atom. The second-order valence-electron chi connectivity index (χ2n) is 4.46. The Hall–Kier alpha value is -1.20. The van der Waals surface area contributed by atoms with Crippen LogP contribution in [0.5, 0.6) is 0 Å². The molecule has 0 spiro atoms. The number of halogens is 3. The maximum Gasteiger partial charge on any atom is 0.118 e. The number of benzene rings is 1. The summed E-state index contributed by atoms with van der Waals surface area (Å²) in [5.41, 5.74) is 8.94. The van der Waals surface area contributed by atoms with Gasteiger partial charge in [-0.3, -0.25) is 4.68 Å². The SMILES string of the molecule is Nc1cn(Cc2ccccc2Cl)nc1-c1cc(Cl)sc1Cl. The highest BCUT2D eigenvalue weighted by Crippen LogP contribution is 2.39. The Labute approximate surface area is 140 Å². The second kappa shape index (κ2) is 5.89. The molecule has 0 aliphatic carbocycles. The molecule has 0 radical (unpaired) electrons. The molecule has 0 bridgehead atoms. The molecule has 21 heavy (non-hydrogen) atoms. The van der Waals surface area contributed by atoms with Crippen molar-refractivity contribution in [1.29, 1.82) is 0 Å². The van der Waals surface area contributed by atoms with Gasteiger partial charge in [0.2, 0.25) is 0 Å². The monoisotopic (exact) mass is 357 g/mol. The van der Waals surface area contributed by atoms with Crippen molar-refractivity contribution in [3.63, 3.8) is 0 Å².